The molecule has 0 aliphatic rings. The first kappa shape index (κ1) is 16.3. The summed E-state index contributed by atoms with van der Waals surface area (Å²) in [6, 6.07) is 3.21. The van der Waals surface area contributed by atoms with Crippen LogP contribution in [0.5, 0.6) is 5.75 Å². The predicted octanol–water partition coefficient (Wildman–Crippen LogP) is 0.738. The summed E-state index contributed by atoms with van der Waals surface area (Å²) >= 11 is 0. The average Bonchev–Trinajstić information content (AvgIpc) is 2.44. The normalized spacial score (nSPS) is 9.76. The summed E-state index contributed by atoms with van der Waals surface area (Å²) in [7, 11) is 0. The summed E-state index contributed by atoms with van der Waals surface area (Å²) in [4.78, 5) is 33.7. The zero-order chi connectivity index (χ0) is 15.8. The fourth-order valence-corrected chi connectivity index (χ4v) is 1.47. The van der Waals surface area contributed by atoms with Crippen LogP contribution in [-0.2, 0) is 4.79 Å². The second-order valence-electron chi connectivity index (χ2n) is 4.16. The minimum absolute atomic E-state index is 0.0543. The largest absolute Gasteiger partial charge is 0.505 e. The third-order valence-electron chi connectivity index (χ3n) is 2.50. The summed E-state index contributed by atoms with van der Waals surface area (Å²) in [5.41, 5.74) is -0.380. The summed E-state index contributed by atoms with van der Waals surface area (Å²) in [6.07, 6.45) is 0.786. The number of aromatic hydroxyl groups is 1. The smallest absolute Gasteiger partial charge is 0.339 e. The van der Waals surface area contributed by atoms with Gasteiger partial charge >= 0.3 is 12.0 Å². The van der Waals surface area contributed by atoms with Crippen molar-refractivity contribution in [1.82, 2.24) is 10.6 Å². The number of carboxylic acids is 1. The van der Waals surface area contributed by atoms with Gasteiger partial charge in [-0.15, -0.1) is 0 Å². The van der Waals surface area contributed by atoms with E-state index in [4.69, 9.17) is 5.11 Å². The van der Waals surface area contributed by atoms with Crippen molar-refractivity contribution in [2.45, 2.75) is 13.3 Å². The molecule has 1 rings (SSSR count). The molecule has 8 nitrogen and oxygen atoms in total. The number of rotatable bonds is 6. The van der Waals surface area contributed by atoms with Gasteiger partial charge in [-0.05, 0) is 18.6 Å². The molecule has 0 unspecified atom stereocenters. The number of phenols is 1. The molecule has 0 atom stereocenters. The van der Waals surface area contributed by atoms with Gasteiger partial charge in [-0.2, -0.15) is 0 Å². The zero-order valence-corrected chi connectivity index (χ0v) is 11.5. The number of para-hydroxylation sites is 1. The van der Waals surface area contributed by atoms with Crippen LogP contribution in [0.15, 0.2) is 18.2 Å². The first-order valence-electron chi connectivity index (χ1n) is 6.32. The molecule has 0 aliphatic carbocycles. The van der Waals surface area contributed by atoms with E-state index in [1.807, 2.05) is 6.92 Å². The van der Waals surface area contributed by atoms with Gasteiger partial charge in [0.05, 0.1) is 12.2 Å². The highest BCUT2D eigenvalue weighted by Gasteiger charge is 2.14. The van der Waals surface area contributed by atoms with Gasteiger partial charge in [0.15, 0.2) is 5.75 Å². The van der Waals surface area contributed by atoms with E-state index in [9.17, 15) is 19.5 Å². The Labute approximate surface area is 121 Å². The van der Waals surface area contributed by atoms with E-state index in [1.165, 1.54) is 18.2 Å². The van der Waals surface area contributed by atoms with Crippen LogP contribution >= 0.6 is 0 Å². The van der Waals surface area contributed by atoms with E-state index in [0.29, 0.717) is 6.54 Å². The van der Waals surface area contributed by atoms with E-state index in [-0.39, 0.29) is 23.7 Å². The Morgan fingerprint density at radius 3 is 2.52 bits per heavy atom. The van der Waals surface area contributed by atoms with Crippen LogP contribution < -0.4 is 16.0 Å². The Kier molecular flexibility index (Phi) is 5.99. The van der Waals surface area contributed by atoms with Gasteiger partial charge in [0.25, 0.3) is 0 Å². The molecule has 114 valence electrons. The van der Waals surface area contributed by atoms with Crippen LogP contribution in [0, 0.1) is 0 Å². The number of urea groups is 1. The lowest BCUT2D eigenvalue weighted by molar-refractivity contribution is -0.120. The SMILES string of the molecule is CCCNC(=O)CNC(=O)Nc1cccc(C(=O)O)c1O. The van der Waals surface area contributed by atoms with Crippen molar-refractivity contribution in [3.05, 3.63) is 23.8 Å². The molecule has 0 aromatic heterocycles. The molecular weight excluding hydrogens is 278 g/mol. The lowest BCUT2D eigenvalue weighted by atomic mass is 10.2. The Morgan fingerprint density at radius 1 is 1.19 bits per heavy atom. The van der Waals surface area contributed by atoms with Crippen molar-refractivity contribution >= 4 is 23.6 Å². The molecule has 0 spiro atoms. The summed E-state index contributed by atoms with van der Waals surface area (Å²) in [6.45, 7) is 2.20. The van der Waals surface area contributed by atoms with Gasteiger partial charge in [-0.3, -0.25) is 4.79 Å². The summed E-state index contributed by atoms with van der Waals surface area (Å²) < 4.78 is 0. The van der Waals surface area contributed by atoms with Crippen LogP contribution in [0.3, 0.4) is 0 Å². The van der Waals surface area contributed by atoms with E-state index in [0.717, 1.165) is 6.42 Å². The quantitative estimate of drug-likeness (QED) is 0.494. The van der Waals surface area contributed by atoms with Gasteiger partial charge in [-0.25, -0.2) is 9.59 Å². The maximum absolute atomic E-state index is 11.6. The van der Waals surface area contributed by atoms with Crippen molar-refractivity contribution in [3.8, 4) is 5.75 Å². The molecule has 3 amide bonds. The van der Waals surface area contributed by atoms with Gasteiger partial charge in [0.2, 0.25) is 5.91 Å². The molecule has 0 bridgehead atoms. The van der Waals surface area contributed by atoms with Crippen molar-refractivity contribution < 1.29 is 24.6 Å². The van der Waals surface area contributed by atoms with Gasteiger partial charge < -0.3 is 26.2 Å². The van der Waals surface area contributed by atoms with Crippen LogP contribution in [0.2, 0.25) is 0 Å². The number of benzene rings is 1. The highest BCUT2D eigenvalue weighted by atomic mass is 16.4. The molecule has 0 aliphatic heterocycles. The Balaban J connectivity index is 2.58. The number of aromatic carboxylic acids is 1. The highest BCUT2D eigenvalue weighted by molar-refractivity contribution is 5.98. The first-order chi connectivity index (χ1) is 9.95. The third-order valence-corrected chi connectivity index (χ3v) is 2.50. The minimum atomic E-state index is -1.31. The average molecular weight is 295 g/mol. The van der Waals surface area contributed by atoms with Crippen LogP contribution in [0.1, 0.15) is 23.7 Å². The van der Waals surface area contributed by atoms with Gasteiger partial charge in [0, 0.05) is 6.54 Å². The Morgan fingerprint density at radius 2 is 1.90 bits per heavy atom. The number of nitrogens with one attached hydrogen (secondary N) is 3. The highest BCUT2D eigenvalue weighted by Crippen LogP contribution is 2.27. The number of anilines is 1. The third kappa shape index (κ3) is 5.01. The molecule has 8 heteroatoms. The van der Waals surface area contributed by atoms with E-state index >= 15 is 0 Å². The van der Waals surface area contributed by atoms with Gasteiger partial charge in [-0.1, -0.05) is 13.0 Å². The van der Waals surface area contributed by atoms with Crippen molar-refractivity contribution in [3.63, 3.8) is 0 Å². The van der Waals surface area contributed by atoms with Gasteiger partial charge in [0.1, 0.15) is 5.56 Å². The van der Waals surface area contributed by atoms with Crippen LogP contribution in [0.4, 0.5) is 10.5 Å². The topological polar surface area (TPSA) is 128 Å². The summed E-state index contributed by atoms with van der Waals surface area (Å²) in [5, 5.41) is 25.7. The van der Waals surface area contributed by atoms with Crippen LogP contribution in [0.25, 0.3) is 0 Å². The molecule has 0 fully saturated rings. The Bertz CT molecular complexity index is 545. The number of hydrogen-bond donors (Lipinski definition) is 5. The lowest BCUT2D eigenvalue weighted by Crippen LogP contribution is -2.39. The van der Waals surface area contributed by atoms with Crippen molar-refractivity contribution in [2.24, 2.45) is 0 Å². The maximum atomic E-state index is 11.6. The second-order valence-corrected chi connectivity index (χ2v) is 4.16. The second kappa shape index (κ2) is 7.73. The number of amides is 3. The standard InChI is InChI=1S/C13H17N3O5/c1-2-6-14-10(17)7-15-13(21)16-9-5-3-4-8(11(9)18)12(19)20/h3-5,18H,2,6-7H2,1H3,(H,14,17)(H,19,20)(H2,15,16,21). The minimum Gasteiger partial charge on any atom is -0.505 e. The number of carbonyl (C=O) groups is 3. The molecule has 0 saturated carbocycles. The Hall–Kier alpha value is -2.77. The molecule has 0 heterocycles. The van der Waals surface area contributed by atoms with E-state index < -0.39 is 17.7 Å². The molecule has 0 saturated heterocycles. The van der Waals surface area contributed by atoms with Crippen LogP contribution in [-0.4, -0.2) is 41.2 Å². The number of carboxylic acid groups (broad SMARTS) is 1. The van der Waals surface area contributed by atoms with E-state index in [2.05, 4.69) is 16.0 Å². The van der Waals surface area contributed by atoms with Crippen molar-refractivity contribution in [2.75, 3.05) is 18.4 Å². The molecule has 1 aromatic carbocycles. The van der Waals surface area contributed by atoms with Crippen molar-refractivity contribution in [1.29, 1.82) is 0 Å². The number of carbonyl (C=O) groups excluding carboxylic acids is 2. The molecule has 21 heavy (non-hydrogen) atoms. The first-order valence-corrected chi connectivity index (χ1v) is 6.32. The molecule has 0 radical (unpaired) electrons. The summed E-state index contributed by atoms with van der Waals surface area (Å²) in [5.74, 6) is -2.19. The maximum Gasteiger partial charge on any atom is 0.339 e. The monoisotopic (exact) mass is 295 g/mol. The molecular formula is C13H17N3O5. The fraction of sp³-hybridized carbons (Fsp3) is 0.308. The number of hydrogen-bond acceptors (Lipinski definition) is 4. The zero-order valence-electron chi connectivity index (χ0n) is 11.5. The lowest BCUT2D eigenvalue weighted by Gasteiger charge is -2.10. The fourth-order valence-electron chi connectivity index (χ4n) is 1.47. The van der Waals surface area contributed by atoms with E-state index in [1.54, 1.807) is 0 Å². The molecule has 1 aromatic rings. The molecule has 5 N–H and O–H groups in total. The predicted molar refractivity (Wildman–Crippen MR) is 75.4 cm³/mol.